The van der Waals surface area contributed by atoms with Crippen molar-refractivity contribution in [1.29, 1.82) is 0 Å². The fraction of sp³-hybridized carbons (Fsp3) is 0.857. The van der Waals surface area contributed by atoms with Crippen LogP contribution < -0.4 is 11.2 Å². The molecular formula is C28H54N2O5Si2. The highest BCUT2D eigenvalue weighted by Gasteiger charge is 2.51. The summed E-state index contributed by atoms with van der Waals surface area (Å²) in [5.74, 6) is 0. The number of hydrogen-bond acceptors (Lipinski definition) is 5. The van der Waals surface area contributed by atoms with Gasteiger partial charge in [-0.25, -0.2) is 4.79 Å². The van der Waals surface area contributed by atoms with Gasteiger partial charge in [0.05, 0.1) is 12.7 Å². The highest BCUT2D eigenvalue weighted by atomic mass is 28.4. The Hall–Kier alpha value is -1.01. The number of hydrogen-bond donors (Lipinski definition) is 1. The zero-order valence-electron chi connectivity index (χ0n) is 25.7. The molecule has 2 heterocycles. The van der Waals surface area contributed by atoms with E-state index in [2.05, 4.69) is 88.1 Å². The molecule has 0 saturated carbocycles. The molecule has 1 aliphatic heterocycles. The smallest absolute Gasteiger partial charge is 0.330 e. The van der Waals surface area contributed by atoms with E-state index in [1.165, 1.54) is 4.57 Å². The Morgan fingerprint density at radius 2 is 1.32 bits per heavy atom. The molecule has 1 aromatic rings. The molecule has 2 rings (SSSR count). The number of nitrogens with zero attached hydrogens (tertiary/aromatic N) is 1. The third-order valence-electron chi connectivity index (χ3n) is 8.90. The van der Waals surface area contributed by atoms with Crippen molar-refractivity contribution in [3.8, 4) is 0 Å². The largest absolute Gasteiger partial charge is 0.413 e. The van der Waals surface area contributed by atoms with Crippen LogP contribution in [-0.4, -0.2) is 45.0 Å². The average molecular weight is 555 g/mol. The number of ether oxygens (including phenoxy) is 1. The summed E-state index contributed by atoms with van der Waals surface area (Å²) in [6, 6.07) is 0. The van der Waals surface area contributed by atoms with E-state index >= 15 is 0 Å². The van der Waals surface area contributed by atoms with Crippen LogP contribution >= 0.6 is 0 Å². The lowest BCUT2D eigenvalue weighted by atomic mass is 10.2. The predicted octanol–water partition coefficient (Wildman–Crippen LogP) is 6.89. The molecule has 1 fully saturated rings. The molecule has 1 aromatic heterocycles. The van der Waals surface area contributed by atoms with Gasteiger partial charge < -0.3 is 13.6 Å². The van der Waals surface area contributed by atoms with Gasteiger partial charge in [0.2, 0.25) is 8.32 Å². The molecule has 37 heavy (non-hydrogen) atoms. The van der Waals surface area contributed by atoms with Gasteiger partial charge in [0.25, 0.3) is 5.56 Å². The summed E-state index contributed by atoms with van der Waals surface area (Å²) in [7, 11) is -4.33. The Kier molecular flexibility index (Phi) is 10.8. The van der Waals surface area contributed by atoms with Crippen LogP contribution in [0.1, 0.15) is 101 Å². The fourth-order valence-electron chi connectivity index (χ4n) is 7.34. The van der Waals surface area contributed by atoms with Crippen molar-refractivity contribution in [1.82, 2.24) is 9.55 Å². The first kappa shape index (κ1) is 32.2. The molecule has 0 aromatic carbocycles. The Bertz CT molecular complexity index is 955. The van der Waals surface area contributed by atoms with Crippen LogP contribution in [0.15, 0.2) is 15.8 Å². The van der Waals surface area contributed by atoms with Gasteiger partial charge in [-0.05, 0) is 40.2 Å². The standard InChI is InChI=1S/C28H54N2O5Si2/c1-17(2)36(18(3)4,19(5)6)33-16-25-24(35-37(20(7)8,21(9)10)22(11)12)14-26(34-25)30-15-23(13)27(31)29-28(30)32/h15,17-22,24-26H,14,16H2,1-13H3,(H,29,31,32)/t24-,25+,26-/m0/s1. The van der Waals surface area contributed by atoms with Gasteiger partial charge >= 0.3 is 5.69 Å². The molecule has 0 aliphatic carbocycles. The molecule has 3 atom stereocenters. The van der Waals surface area contributed by atoms with Gasteiger partial charge in [-0.3, -0.25) is 14.3 Å². The number of aromatic nitrogens is 2. The normalized spacial score (nSPS) is 21.5. The minimum Gasteiger partial charge on any atom is -0.413 e. The zero-order chi connectivity index (χ0) is 28.5. The number of rotatable bonds is 12. The Morgan fingerprint density at radius 3 is 1.76 bits per heavy atom. The molecule has 1 aliphatic rings. The van der Waals surface area contributed by atoms with E-state index in [1.54, 1.807) is 13.1 Å². The zero-order valence-corrected chi connectivity index (χ0v) is 27.7. The van der Waals surface area contributed by atoms with Crippen molar-refractivity contribution in [3.05, 3.63) is 32.6 Å². The molecule has 0 spiro atoms. The summed E-state index contributed by atoms with van der Waals surface area (Å²) in [4.78, 5) is 27.2. The van der Waals surface area contributed by atoms with Gasteiger partial charge in [0.15, 0.2) is 8.32 Å². The van der Waals surface area contributed by atoms with Gasteiger partial charge in [-0.1, -0.05) is 83.1 Å². The van der Waals surface area contributed by atoms with Crippen LogP contribution in [0, 0.1) is 6.92 Å². The molecule has 1 saturated heterocycles. The molecule has 0 amide bonds. The molecule has 0 unspecified atom stereocenters. The second kappa shape index (κ2) is 12.4. The van der Waals surface area contributed by atoms with Gasteiger partial charge in [-0.2, -0.15) is 0 Å². The topological polar surface area (TPSA) is 82.6 Å². The van der Waals surface area contributed by atoms with Gasteiger partial charge in [0.1, 0.15) is 12.3 Å². The van der Waals surface area contributed by atoms with Crippen LogP contribution in [-0.2, 0) is 13.6 Å². The quantitative estimate of drug-likeness (QED) is 0.285. The number of aryl methyl sites for hydroxylation is 1. The van der Waals surface area contributed by atoms with E-state index in [4.69, 9.17) is 13.6 Å². The summed E-state index contributed by atoms with van der Waals surface area (Å²) in [5, 5.41) is 0. The third-order valence-corrected chi connectivity index (χ3v) is 21.1. The van der Waals surface area contributed by atoms with Crippen LogP contribution in [0.5, 0.6) is 0 Å². The number of aromatic amines is 1. The third kappa shape index (κ3) is 6.26. The minimum atomic E-state index is -2.21. The first-order chi connectivity index (χ1) is 17.0. The number of nitrogens with one attached hydrogen (secondary N) is 1. The summed E-state index contributed by atoms with van der Waals surface area (Å²) in [6.07, 6.45) is 1.20. The van der Waals surface area contributed by atoms with Crippen LogP contribution in [0.4, 0.5) is 0 Å². The monoisotopic (exact) mass is 554 g/mol. The van der Waals surface area contributed by atoms with E-state index in [0.29, 0.717) is 51.8 Å². The Balaban J connectivity index is 2.51. The first-order valence-corrected chi connectivity index (χ1v) is 18.6. The molecule has 7 nitrogen and oxygen atoms in total. The maximum absolute atomic E-state index is 12.8. The van der Waals surface area contributed by atoms with Crippen LogP contribution in [0.25, 0.3) is 0 Å². The molecule has 9 heteroatoms. The van der Waals surface area contributed by atoms with Crippen molar-refractivity contribution in [2.75, 3.05) is 6.61 Å². The van der Waals surface area contributed by atoms with Gasteiger partial charge in [-0.15, -0.1) is 0 Å². The van der Waals surface area contributed by atoms with E-state index in [-0.39, 0.29) is 17.8 Å². The lowest BCUT2D eigenvalue weighted by Crippen LogP contribution is -2.53. The molecule has 0 radical (unpaired) electrons. The summed E-state index contributed by atoms with van der Waals surface area (Å²) < 4.78 is 22.3. The van der Waals surface area contributed by atoms with Crippen molar-refractivity contribution < 1.29 is 13.6 Å². The first-order valence-electron chi connectivity index (χ1n) is 14.3. The predicted molar refractivity (Wildman–Crippen MR) is 158 cm³/mol. The van der Waals surface area contributed by atoms with Crippen LogP contribution in [0.2, 0.25) is 33.2 Å². The highest BCUT2D eigenvalue weighted by molar-refractivity contribution is 6.78. The van der Waals surface area contributed by atoms with E-state index in [1.807, 2.05) is 0 Å². The Morgan fingerprint density at radius 1 is 0.865 bits per heavy atom. The van der Waals surface area contributed by atoms with Crippen molar-refractivity contribution >= 4 is 16.6 Å². The van der Waals surface area contributed by atoms with Crippen LogP contribution in [0.3, 0.4) is 0 Å². The van der Waals surface area contributed by atoms with Crippen molar-refractivity contribution in [2.24, 2.45) is 0 Å². The maximum atomic E-state index is 12.8. The lowest BCUT2D eigenvalue weighted by molar-refractivity contribution is -0.0423. The second-order valence-corrected chi connectivity index (χ2v) is 23.8. The van der Waals surface area contributed by atoms with Crippen molar-refractivity contribution in [2.45, 2.75) is 148 Å². The van der Waals surface area contributed by atoms with E-state index < -0.39 is 28.6 Å². The Labute approximate surface area is 227 Å². The molecule has 1 N–H and O–H groups in total. The molecular weight excluding hydrogens is 500 g/mol. The minimum absolute atomic E-state index is 0.179. The summed E-state index contributed by atoms with van der Waals surface area (Å²) >= 11 is 0. The number of H-pyrrole nitrogens is 1. The van der Waals surface area contributed by atoms with Crippen molar-refractivity contribution in [3.63, 3.8) is 0 Å². The molecule has 0 bridgehead atoms. The second-order valence-electron chi connectivity index (χ2n) is 12.9. The van der Waals surface area contributed by atoms with E-state index in [9.17, 15) is 9.59 Å². The summed E-state index contributed by atoms with van der Waals surface area (Å²) in [6.45, 7) is 29.6. The SMILES string of the molecule is Cc1cn([C@@H]2C[C@H](O[Si](C(C)C)(C(C)C)C(C)C)[C@@H](CO[Si](C(C)C)(C(C)C)C(C)C)O2)c(=O)[nH]c1=O. The fourth-order valence-corrected chi connectivity index (χ4v) is 18.4. The van der Waals surface area contributed by atoms with Gasteiger partial charge in [0, 0.05) is 18.2 Å². The van der Waals surface area contributed by atoms with E-state index in [0.717, 1.165) is 0 Å². The summed E-state index contributed by atoms with van der Waals surface area (Å²) in [5.41, 5.74) is 2.36. The maximum Gasteiger partial charge on any atom is 0.330 e. The average Bonchev–Trinajstić information content (AvgIpc) is 3.15. The lowest BCUT2D eigenvalue weighted by Gasteiger charge is -2.45. The highest BCUT2D eigenvalue weighted by Crippen LogP contribution is 2.47. The molecule has 214 valence electrons.